The Morgan fingerprint density at radius 3 is 2.79 bits per heavy atom. The van der Waals surface area contributed by atoms with Crippen molar-refractivity contribution in [2.24, 2.45) is 10.4 Å². The molecule has 108 valence electrons. The molecule has 3 aliphatic rings. The zero-order valence-electron chi connectivity index (χ0n) is 11.7. The molecule has 0 radical (unpaired) electrons. The van der Waals surface area contributed by atoms with Gasteiger partial charge in [0.15, 0.2) is 5.17 Å². The van der Waals surface area contributed by atoms with Crippen LogP contribution in [-0.2, 0) is 9.47 Å². The predicted octanol–water partition coefficient (Wildman–Crippen LogP) is 2.04. The van der Waals surface area contributed by atoms with E-state index >= 15 is 0 Å². The van der Waals surface area contributed by atoms with Gasteiger partial charge in [0, 0.05) is 39.2 Å². The number of methoxy groups -OCH3 is 1. The Bertz CT molecular complexity index is 349. The van der Waals surface area contributed by atoms with Crippen molar-refractivity contribution in [1.82, 2.24) is 5.32 Å². The van der Waals surface area contributed by atoms with Crippen molar-refractivity contribution >= 4 is 16.9 Å². The van der Waals surface area contributed by atoms with Gasteiger partial charge in [0.05, 0.1) is 5.54 Å². The number of hydrogen-bond donors (Lipinski definition) is 1. The van der Waals surface area contributed by atoms with E-state index in [-0.39, 0.29) is 5.54 Å². The molecule has 3 rings (SSSR count). The molecule has 0 unspecified atom stereocenters. The number of amidine groups is 1. The van der Waals surface area contributed by atoms with Gasteiger partial charge >= 0.3 is 0 Å². The smallest absolute Gasteiger partial charge is 0.157 e. The predicted molar refractivity (Wildman–Crippen MR) is 78.8 cm³/mol. The fourth-order valence-electron chi connectivity index (χ4n) is 2.84. The third kappa shape index (κ3) is 3.26. The number of ether oxygens (including phenoxy) is 2. The standard InChI is InChI=1S/C14H24N2O2S/c1-17-7-4-13(2-3-13)10-15-12-16-14(11-19-12)5-8-18-9-6-14/h2-11H2,1H3,(H,15,16). The highest BCUT2D eigenvalue weighted by molar-refractivity contribution is 8.14. The Morgan fingerprint density at radius 2 is 2.11 bits per heavy atom. The van der Waals surface area contributed by atoms with E-state index in [1.165, 1.54) is 12.8 Å². The quantitative estimate of drug-likeness (QED) is 0.839. The molecule has 0 aromatic heterocycles. The SMILES string of the molecule is COCCC1(CN=C2NC3(CCOCC3)CS2)CC1. The maximum atomic E-state index is 5.46. The summed E-state index contributed by atoms with van der Waals surface area (Å²) in [5, 5.41) is 4.82. The molecule has 2 heterocycles. The molecule has 1 aliphatic carbocycles. The van der Waals surface area contributed by atoms with Crippen LogP contribution in [0.15, 0.2) is 4.99 Å². The first-order chi connectivity index (χ1) is 9.26. The molecule has 4 nitrogen and oxygen atoms in total. The van der Waals surface area contributed by atoms with Gasteiger partial charge in [0.1, 0.15) is 0 Å². The first-order valence-electron chi connectivity index (χ1n) is 7.28. The fourth-order valence-corrected chi connectivity index (χ4v) is 4.06. The highest BCUT2D eigenvalue weighted by Crippen LogP contribution is 2.49. The molecule has 5 heteroatoms. The fraction of sp³-hybridized carbons (Fsp3) is 0.929. The van der Waals surface area contributed by atoms with Crippen molar-refractivity contribution in [2.45, 2.75) is 37.6 Å². The minimum Gasteiger partial charge on any atom is -0.385 e. The summed E-state index contributed by atoms with van der Waals surface area (Å²) in [6.45, 7) is 3.61. The molecule has 0 amide bonds. The average molecular weight is 284 g/mol. The normalized spacial score (nSPS) is 29.6. The molecular weight excluding hydrogens is 260 g/mol. The van der Waals surface area contributed by atoms with Crippen LogP contribution < -0.4 is 5.32 Å². The van der Waals surface area contributed by atoms with Crippen LogP contribution >= 0.6 is 11.8 Å². The van der Waals surface area contributed by atoms with Crippen LogP contribution in [0.1, 0.15) is 32.1 Å². The summed E-state index contributed by atoms with van der Waals surface area (Å²) < 4.78 is 10.7. The van der Waals surface area contributed by atoms with Crippen molar-refractivity contribution in [3.63, 3.8) is 0 Å². The summed E-state index contributed by atoms with van der Waals surface area (Å²) in [4.78, 5) is 4.83. The van der Waals surface area contributed by atoms with E-state index in [0.29, 0.717) is 5.41 Å². The summed E-state index contributed by atoms with van der Waals surface area (Å²) >= 11 is 1.89. The second-order valence-electron chi connectivity index (χ2n) is 6.17. The van der Waals surface area contributed by atoms with Gasteiger partial charge < -0.3 is 14.8 Å². The maximum Gasteiger partial charge on any atom is 0.157 e. The molecule has 0 atom stereocenters. The largest absolute Gasteiger partial charge is 0.385 e. The van der Waals surface area contributed by atoms with Crippen LogP contribution in [0.4, 0.5) is 0 Å². The van der Waals surface area contributed by atoms with Gasteiger partial charge in [-0.2, -0.15) is 0 Å². The number of aliphatic imine (C=N–C) groups is 1. The molecule has 19 heavy (non-hydrogen) atoms. The lowest BCUT2D eigenvalue weighted by Crippen LogP contribution is -2.48. The molecule has 3 fully saturated rings. The lowest BCUT2D eigenvalue weighted by atomic mass is 9.93. The molecule has 1 saturated carbocycles. The number of rotatable bonds is 5. The Kier molecular flexibility index (Phi) is 4.06. The highest BCUT2D eigenvalue weighted by atomic mass is 32.2. The van der Waals surface area contributed by atoms with E-state index in [0.717, 1.165) is 56.5 Å². The van der Waals surface area contributed by atoms with Gasteiger partial charge in [0.2, 0.25) is 0 Å². The van der Waals surface area contributed by atoms with Crippen LogP contribution in [0, 0.1) is 5.41 Å². The van der Waals surface area contributed by atoms with E-state index in [1.54, 1.807) is 7.11 Å². The highest BCUT2D eigenvalue weighted by Gasteiger charge is 2.43. The zero-order chi connectivity index (χ0) is 13.2. The monoisotopic (exact) mass is 284 g/mol. The van der Waals surface area contributed by atoms with Crippen molar-refractivity contribution in [2.75, 3.05) is 39.2 Å². The van der Waals surface area contributed by atoms with Gasteiger partial charge in [-0.15, -0.1) is 0 Å². The van der Waals surface area contributed by atoms with Crippen molar-refractivity contribution in [1.29, 1.82) is 0 Å². The van der Waals surface area contributed by atoms with Gasteiger partial charge in [-0.1, -0.05) is 11.8 Å². The van der Waals surface area contributed by atoms with E-state index in [4.69, 9.17) is 14.5 Å². The topological polar surface area (TPSA) is 42.8 Å². The zero-order valence-corrected chi connectivity index (χ0v) is 12.6. The molecule has 1 N–H and O–H groups in total. The van der Waals surface area contributed by atoms with E-state index < -0.39 is 0 Å². The van der Waals surface area contributed by atoms with Crippen LogP contribution in [0.25, 0.3) is 0 Å². The van der Waals surface area contributed by atoms with Crippen molar-refractivity contribution in [3.8, 4) is 0 Å². The summed E-state index contributed by atoms with van der Waals surface area (Å²) in [5.41, 5.74) is 0.724. The van der Waals surface area contributed by atoms with Gasteiger partial charge in [-0.05, 0) is 37.5 Å². The lowest BCUT2D eigenvalue weighted by Gasteiger charge is -2.32. The number of hydrogen-bond acceptors (Lipinski definition) is 4. The maximum absolute atomic E-state index is 5.46. The Balaban J connectivity index is 1.51. The van der Waals surface area contributed by atoms with Crippen molar-refractivity contribution in [3.05, 3.63) is 0 Å². The Morgan fingerprint density at radius 1 is 1.32 bits per heavy atom. The van der Waals surface area contributed by atoms with Gasteiger partial charge in [0.25, 0.3) is 0 Å². The van der Waals surface area contributed by atoms with Crippen molar-refractivity contribution < 1.29 is 9.47 Å². The van der Waals surface area contributed by atoms with E-state index in [1.807, 2.05) is 11.8 Å². The molecule has 0 aromatic carbocycles. The third-order valence-corrected chi connectivity index (χ3v) is 5.86. The molecular formula is C14H24N2O2S. The van der Waals surface area contributed by atoms with E-state index in [2.05, 4.69) is 5.32 Å². The minimum absolute atomic E-state index is 0.269. The van der Waals surface area contributed by atoms with Crippen LogP contribution in [0.2, 0.25) is 0 Å². The van der Waals surface area contributed by atoms with Crippen LogP contribution in [-0.4, -0.2) is 49.9 Å². The molecule has 2 aliphatic heterocycles. The Hall–Kier alpha value is -0.260. The second-order valence-corrected chi connectivity index (χ2v) is 7.13. The molecule has 0 bridgehead atoms. The number of nitrogens with one attached hydrogen (secondary N) is 1. The summed E-state index contributed by atoms with van der Waals surface area (Å²) in [6, 6.07) is 0. The molecule has 2 saturated heterocycles. The second kappa shape index (κ2) is 5.62. The average Bonchev–Trinajstić information content (AvgIpc) is 3.12. The summed E-state index contributed by atoms with van der Waals surface area (Å²) in [5.74, 6) is 1.15. The number of nitrogens with zero attached hydrogens (tertiary/aromatic N) is 1. The summed E-state index contributed by atoms with van der Waals surface area (Å²) in [7, 11) is 1.78. The van der Waals surface area contributed by atoms with Gasteiger partial charge in [-0.3, -0.25) is 4.99 Å². The molecule has 0 aromatic rings. The summed E-state index contributed by atoms with van der Waals surface area (Å²) in [6.07, 6.45) is 6.03. The molecule has 1 spiro atoms. The van der Waals surface area contributed by atoms with Gasteiger partial charge in [-0.25, -0.2) is 0 Å². The Labute approximate surface area is 119 Å². The van der Waals surface area contributed by atoms with Crippen LogP contribution in [0.3, 0.4) is 0 Å². The van der Waals surface area contributed by atoms with Crippen LogP contribution in [0.5, 0.6) is 0 Å². The first-order valence-corrected chi connectivity index (χ1v) is 8.27. The van der Waals surface area contributed by atoms with E-state index in [9.17, 15) is 0 Å². The first kappa shape index (κ1) is 13.7. The number of thioether (sulfide) groups is 1. The third-order valence-electron chi connectivity index (χ3n) is 4.66. The minimum atomic E-state index is 0.269. The lowest BCUT2D eigenvalue weighted by molar-refractivity contribution is 0.0555.